The lowest BCUT2D eigenvalue weighted by molar-refractivity contribution is 0.597. The third kappa shape index (κ3) is 3.93. The molecule has 0 aliphatic heterocycles. The molecule has 0 unspecified atom stereocenters. The van der Waals surface area contributed by atoms with Crippen LogP contribution in [-0.2, 0) is 16.6 Å². The summed E-state index contributed by atoms with van der Waals surface area (Å²) in [6, 6.07) is 17.6. The quantitative estimate of drug-likeness (QED) is 0.702. The van der Waals surface area contributed by atoms with Crippen LogP contribution in [0, 0.1) is 12.7 Å². The molecule has 3 N–H and O–H groups in total. The van der Waals surface area contributed by atoms with Crippen molar-refractivity contribution < 1.29 is 12.8 Å². The van der Waals surface area contributed by atoms with Crippen LogP contribution in [0.15, 0.2) is 65.6 Å². The largest absolute Gasteiger partial charge is 0.316 e. The molecule has 0 saturated carbocycles. The Balaban J connectivity index is 2.41. The maximum atomic E-state index is 15.5. The van der Waals surface area contributed by atoms with Crippen LogP contribution < -0.4 is 10.5 Å². The second kappa shape index (κ2) is 7.60. The number of nitrogens with one attached hydrogen (secondary N) is 1. The zero-order valence-corrected chi connectivity index (χ0v) is 16.0. The predicted octanol–water partition coefficient (Wildman–Crippen LogP) is 3.83. The number of nitrogens with two attached hydrogens (primary N) is 1. The lowest BCUT2D eigenvalue weighted by Crippen LogP contribution is -2.14. The van der Waals surface area contributed by atoms with Gasteiger partial charge in [0.1, 0.15) is 5.82 Å². The van der Waals surface area contributed by atoms with Gasteiger partial charge in [-0.3, -0.25) is 0 Å². The second-order valence-corrected chi connectivity index (χ2v) is 7.93. The molecule has 0 amide bonds. The number of benzene rings is 3. The van der Waals surface area contributed by atoms with Crippen LogP contribution in [0.3, 0.4) is 0 Å². The lowest BCUT2D eigenvalue weighted by atomic mass is 9.91. The molecule has 4 nitrogen and oxygen atoms in total. The minimum atomic E-state index is -4.02. The first kappa shape index (κ1) is 19.2. The fraction of sp³-hybridized carbons (Fsp3) is 0.143. The van der Waals surface area contributed by atoms with Gasteiger partial charge in [-0.15, -0.1) is 0 Å². The summed E-state index contributed by atoms with van der Waals surface area (Å²) in [5.41, 5.74) is 3.19. The Kier molecular flexibility index (Phi) is 5.41. The van der Waals surface area contributed by atoms with Crippen LogP contribution in [0.25, 0.3) is 22.3 Å². The molecular weight excluding hydrogens is 363 g/mol. The van der Waals surface area contributed by atoms with Gasteiger partial charge in [0.05, 0.1) is 4.90 Å². The highest BCUT2D eigenvalue weighted by Crippen LogP contribution is 2.39. The Morgan fingerprint density at radius 1 is 1.00 bits per heavy atom. The smallest absolute Gasteiger partial charge is 0.238 e. The van der Waals surface area contributed by atoms with Crippen molar-refractivity contribution in [2.75, 3.05) is 7.05 Å². The van der Waals surface area contributed by atoms with Gasteiger partial charge in [0.2, 0.25) is 10.0 Å². The highest BCUT2D eigenvalue weighted by Gasteiger charge is 2.23. The second-order valence-electron chi connectivity index (χ2n) is 6.40. The molecule has 0 aliphatic rings. The van der Waals surface area contributed by atoms with Gasteiger partial charge in [-0.05, 0) is 37.2 Å². The standard InChI is InChI=1S/C21H21FN2O2S/c1-14-8-11-19(27(23,25)26)18(12-14)20-17(15-6-4-3-5-7-15)10-9-16(13-24-2)21(20)22/h3-12,24H,13H2,1-2H3,(H2,23,25,26). The van der Waals surface area contributed by atoms with Crippen LogP contribution in [0.1, 0.15) is 11.1 Å². The van der Waals surface area contributed by atoms with E-state index in [1.54, 1.807) is 25.2 Å². The molecule has 0 atom stereocenters. The van der Waals surface area contributed by atoms with Crippen molar-refractivity contribution in [2.24, 2.45) is 5.14 Å². The molecular formula is C21H21FN2O2S. The van der Waals surface area contributed by atoms with Crippen molar-refractivity contribution in [3.05, 3.63) is 77.6 Å². The maximum absolute atomic E-state index is 15.5. The molecule has 0 spiro atoms. The summed E-state index contributed by atoms with van der Waals surface area (Å²) >= 11 is 0. The molecule has 3 aromatic rings. The molecule has 6 heteroatoms. The molecule has 3 rings (SSSR count). The number of aryl methyl sites for hydroxylation is 1. The number of hydrogen-bond donors (Lipinski definition) is 2. The molecule has 0 fully saturated rings. The molecule has 0 heterocycles. The fourth-order valence-corrected chi connectivity index (χ4v) is 3.88. The van der Waals surface area contributed by atoms with Gasteiger partial charge in [-0.2, -0.15) is 0 Å². The third-order valence-electron chi connectivity index (χ3n) is 4.38. The summed E-state index contributed by atoms with van der Waals surface area (Å²) in [4.78, 5) is -0.0919. The number of halogens is 1. The molecule has 0 aromatic heterocycles. The van der Waals surface area contributed by atoms with Crippen molar-refractivity contribution in [3.63, 3.8) is 0 Å². The van der Waals surface area contributed by atoms with E-state index < -0.39 is 15.8 Å². The monoisotopic (exact) mass is 384 g/mol. The summed E-state index contributed by atoms with van der Waals surface area (Å²) in [6.45, 7) is 2.15. The van der Waals surface area contributed by atoms with E-state index in [9.17, 15) is 8.42 Å². The molecule has 0 bridgehead atoms. The van der Waals surface area contributed by atoms with E-state index >= 15 is 4.39 Å². The van der Waals surface area contributed by atoms with Crippen molar-refractivity contribution in [1.82, 2.24) is 5.32 Å². The van der Waals surface area contributed by atoms with Crippen LogP contribution in [0.5, 0.6) is 0 Å². The Bertz CT molecular complexity index is 1080. The van der Waals surface area contributed by atoms with E-state index in [-0.39, 0.29) is 16.0 Å². The topological polar surface area (TPSA) is 72.2 Å². The molecule has 3 aromatic carbocycles. The van der Waals surface area contributed by atoms with Crippen LogP contribution in [-0.4, -0.2) is 15.5 Å². The zero-order chi connectivity index (χ0) is 19.6. The summed E-state index contributed by atoms with van der Waals surface area (Å²) < 4.78 is 39.8. The minimum absolute atomic E-state index is 0.0919. The Morgan fingerprint density at radius 2 is 1.70 bits per heavy atom. The van der Waals surface area contributed by atoms with E-state index in [1.165, 1.54) is 6.07 Å². The van der Waals surface area contributed by atoms with Crippen LogP contribution in [0.4, 0.5) is 4.39 Å². The molecule has 27 heavy (non-hydrogen) atoms. The van der Waals surface area contributed by atoms with E-state index in [1.807, 2.05) is 43.3 Å². The van der Waals surface area contributed by atoms with Crippen molar-refractivity contribution in [2.45, 2.75) is 18.4 Å². The Morgan fingerprint density at radius 3 is 2.33 bits per heavy atom. The fourth-order valence-electron chi connectivity index (χ4n) is 3.16. The average Bonchev–Trinajstić information content (AvgIpc) is 2.63. The minimum Gasteiger partial charge on any atom is -0.316 e. The number of rotatable bonds is 5. The SMILES string of the molecule is CNCc1ccc(-c2ccccc2)c(-c2cc(C)ccc2S(N)(=O)=O)c1F. The van der Waals surface area contributed by atoms with Gasteiger partial charge < -0.3 is 5.32 Å². The average molecular weight is 384 g/mol. The zero-order valence-electron chi connectivity index (χ0n) is 15.2. The van der Waals surface area contributed by atoms with Crippen molar-refractivity contribution in [3.8, 4) is 22.3 Å². The first-order chi connectivity index (χ1) is 12.8. The first-order valence-electron chi connectivity index (χ1n) is 8.48. The predicted molar refractivity (Wildman–Crippen MR) is 106 cm³/mol. The Hall–Kier alpha value is -2.54. The lowest BCUT2D eigenvalue weighted by Gasteiger charge is -2.17. The van der Waals surface area contributed by atoms with Gasteiger partial charge in [0, 0.05) is 23.2 Å². The van der Waals surface area contributed by atoms with Gasteiger partial charge in [0.15, 0.2) is 0 Å². The summed E-state index contributed by atoms with van der Waals surface area (Å²) in [7, 11) is -2.29. The maximum Gasteiger partial charge on any atom is 0.238 e. The highest BCUT2D eigenvalue weighted by atomic mass is 32.2. The summed E-state index contributed by atoms with van der Waals surface area (Å²) in [5.74, 6) is -0.457. The molecule has 0 saturated heterocycles. The summed E-state index contributed by atoms with van der Waals surface area (Å²) in [6.07, 6.45) is 0. The molecule has 140 valence electrons. The Labute approximate surface area is 158 Å². The summed E-state index contributed by atoms with van der Waals surface area (Å²) in [5, 5.41) is 8.35. The van der Waals surface area contributed by atoms with Crippen LogP contribution >= 0.6 is 0 Å². The van der Waals surface area contributed by atoms with Gasteiger partial charge >= 0.3 is 0 Å². The molecule has 0 aliphatic carbocycles. The first-order valence-corrected chi connectivity index (χ1v) is 10.0. The number of primary sulfonamides is 1. The number of hydrogen-bond acceptors (Lipinski definition) is 3. The van der Waals surface area contributed by atoms with Crippen LogP contribution in [0.2, 0.25) is 0 Å². The van der Waals surface area contributed by atoms with E-state index in [0.717, 1.165) is 11.1 Å². The highest BCUT2D eigenvalue weighted by molar-refractivity contribution is 7.89. The van der Waals surface area contributed by atoms with E-state index in [2.05, 4.69) is 5.32 Å². The van der Waals surface area contributed by atoms with E-state index in [0.29, 0.717) is 17.7 Å². The number of sulfonamides is 1. The molecule has 0 radical (unpaired) electrons. The van der Waals surface area contributed by atoms with Gasteiger partial charge in [0.25, 0.3) is 0 Å². The normalized spacial score (nSPS) is 11.6. The van der Waals surface area contributed by atoms with Gasteiger partial charge in [-0.25, -0.2) is 17.9 Å². The third-order valence-corrected chi connectivity index (χ3v) is 5.35. The van der Waals surface area contributed by atoms with Crippen molar-refractivity contribution in [1.29, 1.82) is 0 Å². The van der Waals surface area contributed by atoms with Crippen molar-refractivity contribution >= 4 is 10.0 Å². The van der Waals surface area contributed by atoms with Gasteiger partial charge in [-0.1, -0.05) is 54.1 Å². The van der Waals surface area contributed by atoms with E-state index in [4.69, 9.17) is 5.14 Å².